The van der Waals surface area contributed by atoms with Gasteiger partial charge in [0.1, 0.15) is 23.2 Å². The molecule has 5 aromatic rings. The van der Waals surface area contributed by atoms with E-state index in [0.717, 1.165) is 33.4 Å². The molecule has 6 rings (SSSR count). The van der Waals surface area contributed by atoms with Crippen molar-refractivity contribution in [1.29, 1.82) is 0 Å². The van der Waals surface area contributed by atoms with E-state index >= 15 is 0 Å². The minimum Gasteiger partial charge on any atom is -0.507 e. The van der Waals surface area contributed by atoms with E-state index in [1.54, 1.807) is 19.2 Å². The molecule has 1 aliphatic rings. The Morgan fingerprint density at radius 3 is 1.67 bits per heavy atom. The van der Waals surface area contributed by atoms with Crippen molar-refractivity contribution in [1.82, 2.24) is 5.32 Å². The SMILES string of the molecule is COc1ccc(C2=NC(c3ccc(-c4ccccc4)cc3)N=C(c3ccc(-c4ccccc4)cc3)N2)c(O)c1. The highest BCUT2D eigenvalue weighted by molar-refractivity contribution is 6.16. The van der Waals surface area contributed by atoms with Crippen molar-refractivity contribution in [3.63, 3.8) is 0 Å². The molecule has 39 heavy (non-hydrogen) atoms. The molecule has 1 aliphatic heterocycles. The summed E-state index contributed by atoms with van der Waals surface area (Å²) in [6.07, 6.45) is -0.476. The summed E-state index contributed by atoms with van der Waals surface area (Å²) in [5.74, 6) is 1.89. The molecule has 190 valence electrons. The van der Waals surface area contributed by atoms with Gasteiger partial charge in [-0.1, -0.05) is 109 Å². The highest BCUT2D eigenvalue weighted by Crippen LogP contribution is 2.30. The first-order valence-electron chi connectivity index (χ1n) is 12.8. The van der Waals surface area contributed by atoms with E-state index in [2.05, 4.69) is 78.1 Å². The number of rotatable bonds is 6. The Kier molecular flexibility index (Phi) is 6.62. The van der Waals surface area contributed by atoms with Crippen molar-refractivity contribution in [3.8, 4) is 33.8 Å². The van der Waals surface area contributed by atoms with E-state index in [9.17, 15) is 5.11 Å². The molecular formula is C34H27N3O2. The van der Waals surface area contributed by atoms with Crippen LogP contribution in [0.3, 0.4) is 0 Å². The molecule has 2 N–H and O–H groups in total. The summed E-state index contributed by atoms with van der Waals surface area (Å²) in [6.45, 7) is 0. The molecule has 0 spiro atoms. The van der Waals surface area contributed by atoms with Crippen LogP contribution in [-0.4, -0.2) is 23.9 Å². The van der Waals surface area contributed by atoms with Crippen LogP contribution in [0.25, 0.3) is 22.3 Å². The van der Waals surface area contributed by atoms with Gasteiger partial charge < -0.3 is 15.2 Å². The number of ether oxygens (including phenoxy) is 1. The number of hydrogen-bond donors (Lipinski definition) is 2. The van der Waals surface area contributed by atoms with Gasteiger partial charge in [0.15, 0.2) is 6.17 Å². The molecule has 0 saturated carbocycles. The van der Waals surface area contributed by atoms with Crippen LogP contribution >= 0.6 is 0 Å². The van der Waals surface area contributed by atoms with E-state index in [0.29, 0.717) is 23.0 Å². The smallest absolute Gasteiger partial charge is 0.169 e. The van der Waals surface area contributed by atoms with Crippen molar-refractivity contribution < 1.29 is 9.84 Å². The first kappa shape index (κ1) is 24.2. The number of methoxy groups -OCH3 is 1. The highest BCUT2D eigenvalue weighted by Gasteiger charge is 2.22. The number of benzene rings is 5. The molecule has 0 fully saturated rings. The van der Waals surface area contributed by atoms with Crippen molar-refractivity contribution in [2.45, 2.75) is 6.17 Å². The molecule has 0 saturated heterocycles. The van der Waals surface area contributed by atoms with Crippen LogP contribution in [0.2, 0.25) is 0 Å². The molecule has 5 nitrogen and oxygen atoms in total. The Hall–Kier alpha value is -5.16. The maximum absolute atomic E-state index is 10.8. The van der Waals surface area contributed by atoms with Crippen LogP contribution in [0.1, 0.15) is 22.9 Å². The van der Waals surface area contributed by atoms with Crippen LogP contribution in [0, 0.1) is 0 Å². The van der Waals surface area contributed by atoms with Crippen LogP contribution in [0.4, 0.5) is 0 Å². The third-order valence-electron chi connectivity index (χ3n) is 6.78. The lowest BCUT2D eigenvalue weighted by molar-refractivity contribution is 0.407. The van der Waals surface area contributed by atoms with Gasteiger partial charge in [0.25, 0.3) is 0 Å². The number of phenolic OH excluding ortho intramolecular Hbond substituents is 1. The zero-order chi connectivity index (χ0) is 26.6. The third kappa shape index (κ3) is 5.15. The number of hydrogen-bond acceptors (Lipinski definition) is 5. The van der Waals surface area contributed by atoms with Gasteiger partial charge in [-0.15, -0.1) is 0 Å². The minimum absolute atomic E-state index is 0.0828. The van der Waals surface area contributed by atoms with Crippen molar-refractivity contribution >= 4 is 11.7 Å². The van der Waals surface area contributed by atoms with Crippen LogP contribution < -0.4 is 10.1 Å². The second-order valence-electron chi connectivity index (χ2n) is 9.27. The average Bonchev–Trinajstić information content (AvgIpc) is 3.02. The first-order chi connectivity index (χ1) is 19.2. The molecule has 5 heteroatoms. The van der Waals surface area contributed by atoms with Crippen LogP contribution in [0.5, 0.6) is 11.5 Å². The number of nitrogens with zero attached hydrogens (tertiary/aromatic N) is 2. The monoisotopic (exact) mass is 509 g/mol. The standard InChI is InChI=1S/C34H27N3O2/c1-39-29-20-21-30(31(38)22-29)34-36-32(27-16-12-25(13-17-27)23-8-4-2-5-9-23)35-33(37-34)28-18-14-26(15-19-28)24-10-6-3-7-11-24/h2-22,32,38H,1H3,(H,35,36,37). The number of aromatic hydroxyl groups is 1. The van der Waals surface area contributed by atoms with E-state index in [1.807, 2.05) is 42.5 Å². The van der Waals surface area contributed by atoms with Gasteiger partial charge in [-0.25, -0.2) is 9.98 Å². The maximum Gasteiger partial charge on any atom is 0.169 e. The molecule has 1 heterocycles. The predicted octanol–water partition coefficient (Wildman–Crippen LogP) is 7.23. The van der Waals surface area contributed by atoms with Crippen LogP contribution in [0.15, 0.2) is 137 Å². The Bertz CT molecular complexity index is 1640. The van der Waals surface area contributed by atoms with Gasteiger partial charge in [0.05, 0.1) is 12.7 Å². The van der Waals surface area contributed by atoms with Gasteiger partial charge in [0.2, 0.25) is 0 Å². The molecule has 1 atom stereocenters. The average molecular weight is 510 g/mol. The van der Waals surface area contributed by atoms with Gasteiger partial charge in [0, 0.05) is 11.6 Å². The van der Waals surface area contributed by atoms with Crippen LogP contribution in [-0.2, 0) is 0 Å². The Morgan fingerprint density at radius 1 is 0.590 bits per heavy atom. The normalized spacial score (nSPS) is 14.6. The minimum atomic E-state index is -0.476. The number of aliphatic imine (C=N–C) groups is 2. The summed E-state index contributed by atoms with van der Waals surface area (Å²) in [5.41, 5.74) is 7.04. The second-order valence-corrected chi connectivity index (χ2v) is 9.27. The van der Waals surface area contributed by atoms with E-state index in [4.69, 9.17) is 14.7 Å². The molecule has 0 aromatic heterocycles. The Balaban J connectivity index is 1.37. The molecule has 0 amide bonds. The van der Waals surface area contributed by atoms with E-state index in [-0.39, 0.29) is 5.75 Å². The number of phenols is 1. The molecule has 0 radical (unpaired) electrons. The van der Waals surface area contributed by atoms with Crippen molar-refractivity contribution in [3.05, 3.63) is 144 Å². The topological polar surface area (TPSA) is 66.2 Å². The lowest BCUT2D eigenvalue weighted by Gasteiger charge is -2.23. The Morgan fingerprint density at radius 2 is 1.10 bits per heavy atom. The van der Waals surface area contributed by atoms with Gasteiger partial charge in [-0.05, 0) is 39.9 Å². The zero-order valence-electron chi connectivity index (χ0n) is 21.5. The fourth-order valence-electron chi connectivity index (χ4n) is 4.65. The lowest BCUT2D eigenvalue weighted by Crippen LogP contribution is -2.36. The second kappa shape index (κ2) is 10.7. The quantitative estimate of drug-likeness (QED) is 0.254. The molecule has 0 aliphatic carbocycles. The molecular weight excluding hydrogens is 482 g/mol. The summed E-state index contributed by atoms with van der Waals surface area (Å²) in [7, 11) is 1.57. The van der Waals surface area contributed by atoms with E-state index < -0.39 is 6.17 Å². The maximum atomic E-state index is 10.8. The third-order valence-corrected chi connectivity index (χ3v) is 6.78. The molecule has 5 aromatic carbocycles. The molecule has 0 bridgehead atoms. The van der Waals surface area contributed by atoms with Gasteiger partial charge >= 0.3 is 0 Å². The van der Waals surface area contributed by atoms with Gasteiger partial charge in [-0.2, -0.15) is 0 Å². The first-order valence-corrected chi connectivity index (χ1v) is 12.8. The number of nitrogens with one attached hydrogen (secondary N) is 1. The van der Waals surface area contributed by atoms with E-state index in [1.165, 1.54) is 0 Å². The predicted molar refractivity (Wildman–Crippen MR) is 157 cm³/mol. The lowest BCUT2D eigenvalue weighted by atomic mass is 10.0. The summed E-state index contributed by atoms with van der Waals surface area (Å²) in [5, 5.41) is 14.1. The summed E-state index contributed by atoms with van der Waals surface area (Å²) >= 11 is 0. The number of amidine groups is 2. The fraction of sp³-hybridized carbons (Fsp3) is 0.0588. The fourth-order valence-corrected chi connectivity index (χ4v) is 4.65. The summed E-state index contributed by atoms with van der Waals surface area (Å²) in [6, 6.07) is 42.4. The van der Waals surface area contributed by atoms with Gasteiger partial charge in [-0.3, -0.25) is 0 Å². The molecule has 1 unspecified atom stereocenters. The highest BCUT2D eigenvalue weighted by atomic mass is 16.5. The summed E-state index contributed by atoms with van der Waals surface area (Å²) in [4.78, 5) is 9.88. The van der Waals surface area contributed by atoms with Crippen molar-refractivity contribution in [2.75, 3.05) is 7.11 Å². The summed E-state index contributed by atoms with van der Waals surface area (Å²) < 4.78 is 5.27. The Labute approximate surface area is 227 Å². The van der Waals surface area contributed by atoms with Crippen molar-refractivity contribution in [2.24, 2.45) is 9.98 Å². The zero-order valence-corrected chi connectivity index (χ0v) is 21.5. The largest absolute Gasteiger partial charge is 0.507 e.